The average molecular weight is 229 g/mol. The lowest BCUT2D eigenvalue weighted by molar-refractivity contribution is 1.16. The molecule has 68 valence electrons. The number of hydrogen-bond donors (Lipinski definition) is 1. The predicted octanol–water partition coefficient (Wildman–Crippen LogP) is 4.41. The Balaban J connectivity index is 2.87. The minimum Gasteiger partial charge on any atom is -0.143 e. The van der Waals surface area contributed by atoms with Gasteiger partial charge in [0.05, 0.1) is 5.02 Å². The third-order valence-electron chi connectivity index (χ3n) is 2.12. The van der Waals surface area contributed by atoms with Crippen LogP contribution in [-0.4, -0.2) is 0 Å². The largest absolute Gasteiger partial charge is 0.143 e. The summed E-state index contributed by atoms with van der Waals surface area (Å²) in [5, 5.41) is 3.90. The first-order chi connectivity index (χ1) is 6.24. The lowest BCUT2D eigenvalue weighted by atomic mass is 10.1. The molecule has 0 N–H and O–H groups in total. The van der Waals surface area contributed by atoms with Gasteiger partial charge in [0, 0.05) is 20.4 Å². The van der Waals surface area contributed by atoms with Crippen LogP contribution in [0.4, 0.5) is 0 Å². The van der Waals surface area contributed by atoms with Crippen LogP contribution in [0.15, 0.2) is 22.4 Å². The molecule has 1 aromatic carbocycles. The van der Waals surface area contributed by atoms with E-state index < -0.39 is 0 Å². The monoisotopic (exact) mass is 228 g/mol. The standard InChI is InChI=1S/C10H9ClS2/c1-2-6-3-4-8(12)9-7(11)5-13-10(6)9/h3-5,12H,2H2,1H3. The molecule has 0 fully saturated rings. The molecular formula is C10H9ClS2. The highest BCUT2D eigenvalue weighted by Crippen LogP contribution is 2.36. The third kappa shape index (κ3) is 1.47. The predicted molar refractivity (Wildman–Crippen MR) is 63.5 cm³/mol. The molecule has 0 saturated carbocycles. The molecule has 0 unspecified atom stereocenters. The fourth-order valence-corrected chi connectivity index (χ4v) is 3.30. The number of fused-ring (bicyclic) bond motifs is 1. The number of hydrogen-bond acceptors (Lipinski definition) is 2. The number of benzene rings is 1. The number of aryl methyl sites for hydroxylation is 1. The van der Waals surface area contributed by atoms with Crippen LogP contribution in [0.1, 0.15) is 12.5 Å². The summed E-state index contributed by atoms with van der Waals surface area (Å²) in [7, 11) is 0. The Morgan fingerprint density at radius 2 is 2.23 bits per heavy atom. The zero-order valence-electron chi connectivity index (χ0n) is 7.17. The van der Waals surface area contributed by atoms with E-state index in [-0.39, 0.29) is 0 Å². The van der Waals surface area contributed by atoms with E-state index in [1.54, 1.807) is 11.3 Å². The van der Waals surface area contributed by atoms with E-state index in [4.69, 9.17) is 11.6 Å². The van der Waals surface area contributed by atoms with E-state index in [1.807, 2.05) is 11.4 Å². The first-order valence-electron chi connectivity index (χ1n) is 4.11. The molecule has 0 radical (unpaired) electrons. The molecule has 0 aliphatic heterocycles. The SMILES string of the molecule is CCc1ccc(S)c2c(Cl)csc12. The van der Waals surface area contributed by atoms with Crippen molar-refractivity contribution >= 4 is 45.7 Å². The van der Waals surface area contributed by atoms with E-state index >= 15 is 0 Å². The lowest BCUT2D eigenvalue weighted by Gasteiger charge is -2.01. The molecule has 2 aromatic rings. The number of thiophene rings is 1. The molecule has 0 aliphatic carbocycles. The maximum Gasteiger partial charge on any atom is 0.0602 e. The van der Waals surface area contributed by atoms with Gasteiger partial charge in [0.1, 0.15) is 0 Å². The van der Waals surface area contributed by atoms with Gasteiger partial charge in [-0.05, 0) is 18.1 Å². The zero-order valence-corrected chi connectivity index (χ0v) is 9.64. The highest BCUT2D eigenvalue weighted by atomic mass is 35.5. The van der Waals surface area contributed by atoms with E-state index in [0.29, 0.717) is 0 Å². The third-order valence-corrected chi connectivity index (χ3v) is 3.97. The molecule has 0 spiro atoms. The Morgan fingerprint density at radius 1 is 1.46 bits per heavy atom. The van der Waals surface area contributed by atoms with Crippen molar-refractivity contribution in [3.8, 4) is 0 Å². The average Bonchev–Trinajstić information content (AvgIpc) is 2.50. The van der Waals surface area contributed by atoms with Crippen molar-refractivity contribution in [2.45, 2.75) is 18.2 Å². The molecule has 0 atom stereocenters. The molecule has 1 aromatic heterocycles. The summed E-state index contributed by atoms with van der Waals surface area (Å²) in [4.78, 5) is 0.971. The lowest BCUT2D eigenvalue weighted by Crippen LogP contribution is -1.80. The van der Waals surface area contributed by atoms with E-state index in [1.165, 1.54) is 10.3 Å². The van der Waals surface area contributed by atoms with Crippen LogP contribution < -0.4 is 0 Å². The van der Waals surface area contributed by atoms with Crippen molar-refractivity contribution in [1.29, 1.82) is 0 Å². The van der Waals surface area contributed by atoms with Gasteiger partial charge in [-0.25, -0.2) is 0 Å². The van der Waals surface area contributed by atoms with Crippen molar-refractivity contribution < 1.29 is 0 Å². The van der Waals surface area contributed by atoms with E-state index in [2.05, 4.69) is 25.6 Å². The minimum absolute atomic E-state index is 0.820. The van der Waals surface area contributed by atoms with Crippen LogP contribution in [0.5, 0.6) is 0 Å². The van der Waals surface area contributed by atoms with Crippen molar-refractivity contribution in [3.63, 3.8) is 0 Å². The molecule has 0 aliphatic rings. The molecule has 3 heteroatoms. The Labute approximate surface area is 91.9 Å². The van der Waals surface area contributed by atoms with Crippen LogP contribution in [0.25, 0.3) is 10.1 Å². The second-order valence-electron chi connectivity index (χ2n) is 2.89. The first-order valence-corrected chi connectivity index (χ1v) is 5.82. The van der Waals surface area contributed by atoms with Gasteiger partial charge in [0.25, 0.3) is 0 Å². The molecule has 0 bridgehead atoms. The van der Waals surface area contributed by atoms with Gasteiger partial charge in [-0.3, -0.25) is 0 Å². The summed E-state index contributed by atoms with van der Waals surface area (Å²) < 4.78 is 1.28. The number of rotatable bonds is 1. The second-order valence-corrected chi connectivity index (χ2v) is 4.65. The molecular weight excluding hydrogens is 220 g/mol. The highest BCUT2D eigenvalue weighted by molar-refractivity contribution is 7.80. The van der Waals surface area contributed by atoms with Crippen molar-refractivity contribution in [1.82, 2.24) is 0 Å². The summed E-state index contributed by atoms with van der Waals surface area (Å²) in [5.41, 5.74) is 1.35. The maximum absolute atomic E-state index is 6.07. The molecule has 13 heavy (non-hydrogen) atoms. The molecule has 0 saturated heterocycles. The Morgan fingerprint density at radius 3 is 2.92 bits per heavy atom. The van der Waals surface area contributed by atoms with Crippen molar-refractivity contribution in [2.75, 3.05) is 0 Å². The van der Waals surface area contributed by atoms with Gasteiger partial charge in [0.2, 0.25) is 0 Å². The highest BCUT2D eigenvalue weighted by Gasteiger charge is 2.08. The summed E-state index contributed by atoms with van der Waals surface area (Å²) in [6.07, 6.45) is 1.04. The van der Waals surface area contributed by atoms with Gasteiger partial charge in [-0.1, -0.05) is 24.6 Å². The summed E-state index contributed by atoms with van der Waals surface area (Å²) in [6, 6.07) is 4.14. The number of halogens is 1. The van der Waals surface area contributed by atoms with Crippen LogP contribution >= 0.6 is 35.6 Å². The Hall–Kier alpha value is -0.180. The fraction of sp³-hybridized carbons (Fsp3) is 0.200. The van der Waals surface area contributed by atoms with Crippen LogP contribution in [-0.2, 0) is 6.42 Å². The van der Waals surface area contributed by atoms with E-state index in [9.17, 15) is 0 Å². The maximum atomic E-state index is 6.07. The van der Waals surface area contributed by atoms with Gasteiger partial charge in [-0.2, -0.15) is 0 Å². The second kappa shape index (κ2) is 3.52. The molecule has 1 heterocycles. The van der Waals surface area contributed by atoms with Crippen LogP contribution in [0, 0.1) is 0 Å². The first kappa shape index (κ1) is 9.38. The fourth-order valence-electron chi connectivity index (χ4n) is 1.43. The number of thiol groups is 1. The summed E-state index contributed by atoms with van der Waals surface area (Å²) in [5.74, 6) is 0. The van der Waals surface area contributed by atoms with Gasteiger partial charge >= 0.3 is 0 Å². The van der Waals surface area contributed by atoms with Gasteiger partial charge in [0.15, 0.2) is 0 Å². The van der Waals surface area contributed by atoms with Crippen molar-refractivity contribution in [3.05, 3.63) is 28.1 Å². The minimum atomic E-state index is 0.820. The normalized spacial score (nSPS) is 11.0. The summed E-state index contributed by atoms with van der Waals surface area (Å²) in [6.45, 7) is 2.15. The topological polar surface area (TPSA) is 0 Å². The van der Waals surface area contributed by atoms with Gasteiger partial charge in [-0.15, -0.1) is 24.0 Å². The van der Waals surface area contributed by atoms with E-state index in [0.717, 1.165) is 21.7 Å². The van der Waals surface area contributed by atoms with Crippen LogP contribution in [0.3, 0.4) is 0 Å². The molecule has 2 rings (SSSR count). The zero-order chi connectivity index (χ0) is 9.42. The Bertz CT molecular complexity index is 445. The Kier molecular flexibility index (Phi) is 2.54. The van der Waals surface area contributed by atoms with Crippen LogP contribution in [0.2, 0.25) is 5.02 Å². The smallest absolute Gasteiger partial charge is 0.0602 e. The van der Waals surface area contributed by atoms with Gasteiger partial charge < -0.3 is 0 Å². The molecule has 0 nitrogen and oxygen atoms in total. The quantitative estimate of drug-likeness (QED) is 0.687. The van der Waals surface area contributed by atoms with Crippen molar-refractivity contribution in [2.24, 2.45) is 0 Å². The summed E-state index contributed by atoms with van der Waals surface area (Å²) >= 11 is 12.2. The molecule has 0 amide bonds.